The van der Waals surface area contributed by atoms with E-state index in [1.807, 2.05) is 6.92 Å². The van der Waals surface area contributed by atoms with Crippen molar-refractivity contribution in [2.24, 2.45) is 5.73 Å². The molecule has 0 saturated heterocycles. The second kappa shape index (κ2) is 4.65. The molecule has 0 radical (unpaired) electrons. The summed E-state index contributed by atoms with van der Waals surface area (Å²) in [5.74, 6) is 0. The van der Waals surface area contributed by atoms with Gasteiger partial charge >= 0.3 is 0 Å². The molecule has 32 valence electrons. The molecule has 0 spiro atoms. The topological polar surface area (TPSA) is 26.0 Å². The van der Waals surface area contributed by atoms with E-state index < -0.39 is 0 Å². The van der Waals surface area contributed by atoms with Gasteiger partial charge in [-0.25, -0.2) is 0 Å². The van der Waals surface area contributed by atoms with Crippen LogP contribution in [0.4, 0.5) is 0 Å². The van der Waals surface area contributed by atoms with Crippen molar-refractivity contribution >= 4 is 0 Å². The van der Waals surface area contributed by atoms with Crippen LogP contribution < -0.4 is 5.73 Å². The summed E-state index contributed by atoms with van der Waals surface area (Å²) in [6.07, 6.45) is 0. The van der Waals surface area contributed by atoms with Gasteiger partial charge in [-0.3, -0.25) is 0 Å². The Morgan fingerprint density at radius 2 is 1.80 bits per heavy atom. The fraction of sp³-hybridized carbons (Fsp3) is 0.667. The van der Waals surface area contributed by atoms with E-state index >= 15 is 0 Å². The van der Waals surface area contributed by atoms with Crippen molar-refractivity contribution in [3.63, 3.8) is 0 Å². The van der Waals surface area contributed by atoms with Crippen molar-refractivity contribution in [3.8, 4) is 0 Å². The first-order valence-corrected chi connectivity index (χ1v) is 1.32. The molecular weight excluding hydrogens is 234 g/mol. The van der Waals surface area contributed by atoms with E-state index in [0.717, 1.165) is 0 Å². The quantitative estimate of drug-likeness (QED) is 0.602. The summed E-state index contributed by atoms with van der Waals surface area (Å²) >= 11 is 0. The molecule has 0 aliphatic heterocycles. The molecular formula is C3H8NW-. The molecule has 0 fully saturated rings. The zero-order chi connectivity index (χ0) is 3.58. The fourth-order valence-electron chi connectivity index (χ4n) is 0. The molecule has 0 bridgehead atoms. The molecule has 0 aromatic carbocycles. The Balaban J connectivity index is 0. The Morgan fingerprint density at radius 1 is 1.80 bits per heavy atom. The minimum absolute atomic E-state index is 0. The van der Waals surface area contributed by atoms with Gasteiger partial charge in [0.15, 0.2) is 0 Å². The molecule has 0 aliphatic carbocycles. The fourth-order valence-corrected chi connectivity index (χ4v) is 0. The summed E-state index contributed by atoms with van der Waals surface area (Å²) in [5.41, 5.74) is 5.00. The van der Waals surface area contributed by atoms with Crippen LogP contribution in [0.25, 0.3) is 0 Å². The number of nitrogens with two attached hydrogens (primary N) is 1. The summed E-state index contributed by atoms with van der Waals surface area (Å²) in [5, 5.41) is 0. The van der Waals surface area contributed by atoms with E-state index in [1.54, 1.807) is 0 Å². The van der Waals surface area contributed by atoms with Crippen molar-refractivity contribution in [3.05, 3.63) is 6.92 Å². The van der Waals surface area contributed by atoms with Gasteiger partial charge in [0.2, 0.25) is 0 Å². The van der Waals surface area contributed by atoms with Gasteiger partial charge in [0.05, 0.1) is 0 Å². The van der Waals surface area contributed by atoms with E-state index in [0.29, 0.717) is 0 Å². The summed E-state index contributed by atoms with van der Waals surface area (Å²) in [6, 6.07) is 0.0833. The molecule has 0 heterocycles. The van der Waals surface area contributed by atoms with Crippen molar-refractivity contribution < 1.29 is 21.1 Å². The van der Waals surface area contributed by atoms with Crippen molar-refractivity contribution in [1.29, 1.82) is 0 Å². The monoisotopic (exact) mass is 242 g/mol. The molecule has 0 aromatic heterocycles. The van der Waals surface area contributed by atoms with Gasteiger partial charge in [0.1, 0.15) is 0 Å². The molecule has 1 nitrogen and oxygen atoms in total. The van der Waals surface area contributed by atoms with Crippen LogP contribution in [-0.4, -0.2) is 6.04 Å². The van der Waals surface area contributed by atoms with Crippen LogP contribution in [0.1, 0.15) is 6.92 Å². The first-order chi connectivity index (χ1) is 1.73. The predicted octanol–water partition coefficient (Wildman–Crippen LogP) is 0.165. The van der Waals surface area contributed by atoms with Gasteiger partial charge < -0.3 is 12.7 Å². The maximum atomic E-state index is 5.00. The molecule has 0 aliphatic rings. The molecule has 0 saturated carbocycles. The largest absolute Gasteiger partial charge is 0.357 e. The van der Waals surface area contributed by atoms with Gasteiger partial charge in [-0.15, -0.1) is 6.04 Å². The van der Waals surface area contributed by atoms with Crippen LogP contribution in [0, 0.1) is 6.92 Å². The molecule has 2 N–H and O–H groups in total. The van der Waals surface area contributed by atoms with Crippen molar-refractivity contribution in [2.45, 2.75) is 13.0 Å². The van der Waals surface area contributed by atoms with E-state index in [4.69, 9.17) is 5.73 Å². The smallest absolute Gasteiger partial charge is 0 e. The van der Waals surface area contributed by atoms with Crippen LogP contribution in [0.2, 0.25) is 0 Å². The van der Waals surface area contributed by atoms with Crippen LogP contribution in [0.15, 0.2) is 0 Å². The zero-order valence-corrected chi connectivity index (χ0v) is 6.20. The van der Waals surface area contributed by atoms with Crippen LogP contribution in [0.3, 0.4) is 0 Å². The predicted molar refractivity (Wildman–Crippen MR) is 19.0 cm³/mol. The summed E-state index contributed by atoms with van der Waals surface area (Å²) < 4.78 is 0. The number of rotatable bonds is 0. The number of hydrogen-bond donors (Lipinski definition) is 1. The third kappa shape index (κ3) is 77.6. The van der Waals surface area contributed by atoms with Gasteiger partial charge in [0, 0.05) is 21.1 Å². The summed E-state index contributed by atoms with van der Waals surface area (Å²) in [6.45, 7) is 5.25. The Hall–Kier alpha value is 0.648. The second-order valence-corrected chi connectivity index (χ2v) is 0.977. The van der Waals surface area contributed by atoms with E-state index in [-0.39, 0.29) is 27.1 Å². The molecule has 5 heavy (non-hydrogen) atoms. The number of hydrogen-bond acceptors (Lipinski definition) is 1. The van der Waals surface area contributed by atoms with Gasteiger partial charge in [-0.2, -0.15) is 0 Å². The Bertz CT molecular complexity index is 11.6. The average Bonchev–Trinajstić information content (AvgIpc) is 0.811. The standard InChI is InChI=1S/C3H8N.W/c1-3(2)4;/h3H,1,4H2,2H3;/q-1;/t3-;/m1./s1. The Morgan fingerprint density at radius 3 is 1.80 bits per heavy atom. The zero-order valence-electron chi connectivity index (χ0n) is 3.27. The molecule has 0 aromatic rings. The first-order valence-electron chi connectivity index (χ1n) is 1.32. The van der Waals surface area contributed by atoms with Gasteiger partial charge in [-0.05, 0) is 0 Å². The van der Waals surface area contributed by atoms with Crippen LogP contribution in [-0.2, 0) is 21.1 Å². The normalized spacial score (nSPS) is 12.6. The average molecular weight is 242 g/mol. The van der Waals surface area contributed by atoms with Crippen LogP contribution >= 0.6 is 0 Å². The maximum absolute atomic E-state index is 5.00. The van der Waals surface area contributed by atoms with Crippen molar-refractivity contribution in [1.82, 2.24) is 0 Å². The summed E-state index contributed by atoms with van der Waals surface area (Å²) in [7, 11) is 0. The molecule has 0 rings (SSSR count). The van der Waals surface area contributed by atoms with E-state index in [9.17, 15) is 0 Å². The maximum Gasteiger partial charge on any atom is 0 e. The van der Waals surface area contributed by atoms with E-state index in [1.165, 1.54) is 0 Å². The Kier molecular flexibility index (Phi) is 8.52. The summed E-state index contributed by atoms with van der Waals surface area (Å²) in [4.78, 5) is 0. The molecule has 0 unspecified atom stereocenters. The molecule has 2 heteroatoms. The van der Waals surface area contributed by atoms with E-state index in [2.05, 4.69) is 6.92 Å². The van der Waals surface area contributed by atoms with Gasteiger partial charge in [-0.1, -0.05) is 6.92 Å². The second-order valence-electron chi connectivity index (χ2n) is 0.977. The third-order valence-corrected chi connectivity index (χ3v) is 0. The molecule has 0 amide bonds. The minimum Gasteiger partial charge on any atom is -0.357 e. The first kappa shape index (κ1) is 9.17. The Labute approximate surface area is 47.2 Å². The third-order valence-electron chi connectivity index (χ3n) is 0. The SMILES string of the molecule is [CH2-][C@H](C)N.[W]. The van der Waals surface area contributed by atoms with Gasteiger partial charge in [0.25, 0.3) is 0 Å². The minimum atomic E-state index is 0. The van der Waals surface area contributed by atoms with Crippen molar-refractivity contribution in [2.75, 3.05) is 0 Å². The van der Waals surface area contributed by atoms with Crippen LogP contribution in [0.5, 0.6) is 0 Å². The molecule has 1 atom stereocenters.